The van der Waals surface area contributed by atoms with E-state index in [1.807, 2.05) is 35.0 Å². The van der Waals surface area contributed by atoms with E-state index in [9.17, 15) is 19.8 Å². The van der Waals surface area contributed by atoms with Gasteiger partial charge in [0.1, 0.15) is 11.6 Å². The van der Waals surface area contributed by atoms with Crippen molar-refractivity contribution in [1.82, 2.24) is 19.7 Å². The SMILES string of the molecule is CC(C)(C)c1ccc(-n2nc(-c3cccnc3)cc2NCCCC(=O)N(CCO)C(=O)[C@@H](N)Cc2ccc(O)cc2)cc1. The summed E-state index contributed by atoms with van der Waals surface area (Å²) in [5.74, 6) is -0.0690. The number of aliphatic hydroxyl groups excluding tert-OH is 1. The number of hydrogen-bond donors (Lipinski definition) is 4. The van der Waals surface area contributed by atoms with Crippen molar-refractivity contribution in [3.63, 3.8) is 0 Å². The number of nitrogens with two attached hydrogens (primary N) is 1. The molecule has 0 bridgehead atoms. The molecule has 1 atom stereocenters. The van der Waals surface area contributed by atoms with Gasteiger partial charge in [-0.05, 0) is 65.8 Å². The minimum atomic E-state index is -0.955. The number of aromatic nitrogens is 3. The van der Waals surface area contributed by atoms with E-state index in [1.165, 1.54) is 17.7 Å². The highest BCUT2D eigenvalue weighted by Crippen LogP contribution is 2.27. The first kappa shape index (κ1) is 31.4. The van der Waals surface area contributed by atoms with Gasteiger partial charge in [-0.15, -0.1) is 0 Å². The maximum Gasteiger partial charge on any atom is 0.246 e. The fraction of sp³-hybridized carbons (Fsp3) is 0.333. The lowest BCUT2D eigenvalue weighted by Gasteiger charge is -2.23. The van der Waals surface area contributed by atoms with Crippen LogP contribution in [0.15, 0.2) is 79.1 Å². The van der Waals surface area contributed by atoms with Crippen LogP contribution in [0.25, 0.3) is 16.9 Å². The number of benzene rings is 2. The molecule has 10 nitrogen and oxygen atoms in total. The highest BCUT2D eigenvalue weighted by atomic mass is 16.3. The topological polar surface area (TPSA) is 147 Å². The van der Waals surface area contributed by atoms with Gasteiger partial charge in [-0.2, -0.15) is 5.10 Å². The molecule has 0 unspecified atom stereocenters. The molecule has 0 saturated heterocycles. The van der Waals surface area contributed by atoms with E-state index in [-0.39, 0.29) is 37.2 Å². The summed E-state index contributed by atoms with van der Waals surface area (Å²) in [5.41, 5.74) is 10.7. The van der Waals surface area contributed by atoms with E-state index in [0.29, 0.717) is 13.0 Å². The molecule has 0 fully saturated rings. The van der Waals surface area contributed by atoms with Gasteiger partial charge in [0.05, 0.1) is 30.6 Å². The third-order valence-corrected chi connectivity index (χ3v) is 7.12. The third kappa shape index (κ3) is 8.27. The Morgan fingerprint density at radius 2 is 1.79 bits per heavy atom. The number of rotatable bonds is 12. The van der Waals surface area contributed by atoms with Crippen molar-refractivity contribution in [2.75, 3.05) is 25.0 Å². The molecule has 2 aromatic carbocycles. The second kappa shape index (κ2) is 14.1. The Kier molecular flexibility index (Phi) is 10.3. The van der Waals surface area contributed by atoms with Gasteiger partial charge < -0.3 is 21.3 Å². The molecule has 43 heavy (non-hydrogen) atoms. The van der Waals surface area contributed by atoms with Gasteiger partial charge in [0, 0.05) is 37.0 Å². The molecule has 226 valence electrons. The number of nitrogens with one attached hydrogen (secondary N) is 1. The van der Waals surface area contributed by atoms with Crippen molar-refractivity contribution >= 4 is 17.6 Å². The monoisotopic (exact) mass is 584 g/mol. The van der Waals surface area contributed by atoms with Crippen molar-refractivity contribution in [2.45, 2.75) is 51.5 Å². The van der Waals surface area contributed by atoms with E-state index in [4.69, 9.17) is 10.8 Å². The highest BCUT2D eigenvalue weighted by molar-refractivity contribution is 5.97. The Balaban J connectivity index is 1.42. The van der Waals surface area contributed by atoms with Crippen molar-refractivity contribution < 1.29 is 19.8 Å². The van der Waals surface area contributed by atoms with Crippen molar-refractivity contribution in [2.24, 2.45) is 5.73 Å². The first-order chi connectivity index (χ1) is 20.6. The van der Waals surface area contributed by atoms with Gasteiger partial charge in [-0.25, -0.2) is 4.68 Å². The third-order valence-electron chi connectivity index (χ3n) is 7.12. The lowest BCUT2D eigenvalue weighted by Crippen LogP contribution is -2.48. The smallest absolute Gasteiger partial charge is 0.246 e. The number of carbonyl (C=O) groups is 2. The molecule has 10 heteroatoms. The van der Waals surface area contributed by atoms with Crippen LogP contribution in [-0.4, -0.2) is 67.4 Å². The average molecular weight is 585 g/mol. The van der Waals surface area contributed by atoms with E-state index in [1.54, 1.807) is 24.5 Å². The zero-order valence-electron chi connectivity index (χ0n) is 24.9. The second-order valence-corrected chi connectivity index (χ2v) is 11.5. The summed E-state index contributed by atoms with van der Waals surface area (Å²) in [6, 6.07) is 19.5. The Morgan fingerprint density at radius 3 is 2.42 bits per heavy atom. The first-order valence-electron chi connectivity index (χ1n) is 14.4. The van der Waals surface area contributed by atoms with Crippen LogP contribution in [0.2, 0.25) is 0 Å². The standard InChI is InChI=1S/C33H40N6O4/c1-33(2,3)25-10-12-26(13-11-25)39-30(21-29(37-39)24-6-4-16-35-22-24)36-17-5-7-31(42)38(18-19-40)32(43)28(34)20-23-8-14-27(41)15-9-23/h4,6,8-16,21-22,28,36,40-41H,5,7,17-20,34H2,1-3H3/t28-/m0/s1. The minimum absolute atomic E-state index is 0.0257. The number of phenolic OH excluding ortho intramolecular Hbond substituents is 1. The molecule has 0 spiro atoms. The number of aliphatic hydroxyl groups is 1. The van der Waals surface area contributed by atoms with Crippen molar-refractivity contribution in [3.8, 4) is 22.7 Å². The second-order valence-electron chi connectivity index (χ2n) is 11.5. The number of aromatic hydroxyl groups is 1. The molecule has 0 radical (unpaired) electrons. The molecule has 5 N–H and O–H groups in total. The number of hydrogen-bond acceptors (Lipinski definition) is 8. The van der Waals surface area contributed by atoms with E-state index in [0.717, 1.165) is 33.2 Å². The van der Waals surface area contributed by atoms with Crippen LogP contribution in [0.1, 0.15) is 44.7 Å². The van der Waals surface area contributed by atoms with Crippen molar-refractivity contribution in [1.29, 1.82) is 0 Å². The van der Waals surface area contributed by atoms with E-state index in [2.05, 4.69) is 43.2 Å². The van der Waals surface area contributed by atoms with E-state index >= 15 is 0 Å². The maximum atomic E-state index is 13.0. The average Bonchev–Trinajstić information content (AvgIpc) is 3.43. The maximum absolute atomic E-state index is 13.0. The number of amides is 2. The predicted molar refractivity (Wildman–Crippen MR) is 167 cm³/mol. The van der Waals surface area contributed by atoms with Crippen LogP contribution in [0, 0.1) is 0 Å². The zero-order chi connectivity index (χ0) is 31.0. The lowest BCUT2D eigenvalue weighted by atomic mass is 9.87. The van der Waals surface area contributed by atoms with Gasteiger partial charge in [0.2, 0.25) is 11.8 Å². The summed E-state index contributed by atoms with van der Waals surface area (Å²) in [6.07, 6.45) is 4.21. The first-order valence-corrected chi connectivity index (χ1v) is 14.4. The summed E-state index contributed by atoms with van der Waals surface area (Å²) < 4.78 is 1.83. The Bertz CT molecular complexity index is 1500. The molecule has 2 aromatic heterocycles. The van der Waals surface area contributed by atoms with Crippen LogP contribution < -0.4 is 11.1 Å². The molecular weight excluding hydrogens is 544 g/mol. The summed E-state index contributed by atoms with van der Waals surface area (Å²) >= 11 is 0. The van der Waals surface area contributed by atoms with Gasteiger partial charge in [-0.1, -0.05) is 45.0 Å². The van der Waals surface area contributed by atoms with Crippen LogP contribution in [0.5, 0.6) is 5.75 Å². The van der Waals surface area contributed by atoms with E-state index < -0.39 is 17.9 Å². The van der Waals surface area contributed by atoms with Gasteiger partial charge in [-0.3, -0.25) is 19.5 Å². The highest BCUT2D eigenvalue weighted by Gasteiger charge is 2.26. The zero-order valence-corrected chi connectivity index (χ0v) is 24.9. The lowest BCUT2D eigenvalue weighted by molar-refractivity contribution is -0.146. The summed E-state index contributed by atoms with van der Waals surface area (Å²) in [4.78, 5) is 31.3. The number of phenols is 1. The molecular formula is C33H40N6O4. The number of nitrogens with zero attached hydrogens (tertiary/aromatic N) is 4. The number of pyridine rings is 1. The molecule has 0 aliphatic heterocycles. The molecule has 4 rings (SSSR count). The van der Waals surface area contributed by atoms with Gasteiger partial charge in [0.25, 0.3) is 0 Å². The predicted octanol–water partition coefficient (Wildman–Crippen LogP) is 4.05. The molecule has 0 saturated carbocycles. The minimum Gasteiger partial charge on any atom is -0.508 e. The summed E-state index contributed by atoms with van der Waals surface area (Å²) in [7, 11) is 0. The Morgan fingerprint density at radius 1 is 1.07 bits per heavy atom. The fourth-order valence-electron chi connectivity index (χ4n) is 4.68. The number of carbonyl (C=O) groups excluding carboxylic acids is 2. The van der Waals surface area contributed by atoms with Crippen molar-refractivity contribution in [3.05, 3.63) is 90.3 Å². The molecule has 0 aliphatic carbocycles. The van der Waals surface area contributed by atoms with Crippen LogP contribution in [-0.2, 0) is 21.4 Å². The number of imide groups is 1. The fourth-order valence-corrected chi connectivity index (χ4v) is 4.68. The molecule has 2 amide bonds. The number of anilines is 1. The normalized spacial score (nSPS) is 12.1. The van der Waals surface area contributed by atoms with Gasteiger partial charge in [0.15, 0.2) is 0 Å². The summed E-state index contributed by atoms with van der Waals surface area (Å²) in [6.45, 7) is 6.48. The van der Waals surface area contributed by atoms with Crippen LogP contribution in [0.3, 0.4) is 0 Å². The summed E-state index contributed by atoms with van der Waals surface area (Å²) in [5, 5.41) is 27.2. The Labute approximate surface area is 252 Å². The molecule has 0 aliphatic rings. The van der Waals surface area contributed by atoms with Gasteiger partial charge >= 0.3 is 0 Å². The van der Waals surface area contributed by atoms with Crippen LogP contribution in [0.4, 0.5) is 5.82 Å². The Hall–Kier alpha value is -4.54. The quantitative estimate of drug-likeness (QED) is 0.183. The molecule has 4 aromatic rings. The van der Waals surface area contributed by atoms with Crippen LogP contribution >= 0.6 is 0 Å². The molecule has 2 heterocycles. The largest absolute Gasteiger partial charge is 0.508 e.